The smallest absolute Gasteiger partial charge is 0.183 e. The molecule has 0 unspecified atom stereocenters. The molecule has 2 rings (SSSR count). The lowest BCUT2D eigenvalue weighted by Crippen LogP contribution is -2.12. The molecule has 0 radical (unpaired) electrons. The summed E-state index contributed by atoms with van der Waals surface area (Å²) < 4.78 is 23.7. The molecule has 0 aliphatic rings. The van der Waals surface area contributed by atoms with Crippen molar-refractivity contribution in [1.29, 1.82) is 0 Å². The Morgan fingerprint density at radius 1 is 1.29 bits per heavy atom. The number of nitrogens with one attached hydrogen (secondary N) is 1. The van der Waals surface area contributed by atoms with Crippen LogP contribution in [0, 0.1) is 0 Å². The second kappa shape index (κ2) is 7.22. The molecule has 114 valence electrons. The third-order valence-corrected chi connectivity index (χ3v) is 5.43. The highest BCUT2D eigenvalue weighted by molar-refractivity contribution is 7.90. The van der Waals surface area contributed by atoms with E-state index >= 15 is 0 Å². The molecule has 0 aliphatic heterocycles. The fraction of sp³-hybridized carbons (Fsp3) is 0.308. The van der Waals surface area contributed by atoms with Crippen LogP contribution in [-0.4, -0.2) is 30.9 Å². The van der Waals surface area contributed by atoms with Crippen LogP contribution >= 0.6 is 22.9 Å². The van der Waals surface area contributed by atoms with Gasteiger partial charge in [0.2, 0.25) is 0 Å². The maximum Gasteiger partial charge on any atom is 0.183 e. The van der Waals surface area contributed by atoms with Gasteiger partial charge in [-0.15, -0.1) is 11.3 Å². The van der Waals surface area contributed by atoms with E-state index in [0.717, 1.165) is 10.6 Å². The van der Waals surface area contributed by atoms with E-state index in [9.17, 15) is 8.42 Å². The first kappa shape index (κ1) is 16.2. The molecule has 0 bridgehead atoms. The van der Waals surface area contributed by atoms with Crippen LogP contribution in [0.2, 0.25) is 4.47 Å². The number of halogens is 1. The van der Waals surface area contributed by atoms with Gasteiger partial charge in [0, 0.05) is 16.8 Å². The maximum atomic E-state index is 11.6. The molecule has 1 heterocycles. The van der Waals surface area contributed by atoms with Crippen LogP contribution in [0.15, 0.2) is 30.5 Å². The first-order valence-corrected chi connectivity index (χ1v) is 9.24. The van der Waals surface area contributed by atoms with Crippen LogP contribution in [0.5, 0.6) is 0 Å². The third kappa shape index (κ3) is 5.28. The minimum absolute atomic E-state index is 0.0572. The highest BCUT2D eigenvalue weighted by Gasteiger charge is 2.10. The number of nitrogens with zero attached hydrogens (tertiary/aromatic N) is 1. The maximum absolute atomic E-state index is 11.6. The lowest BCUT2D eigenvalue weighted by Gasteiger charge is -2.07. The number of aliphatic hydroxyl groups is 1. The van der Waals surface area contributed by atoms with Crippen molar-refractivity contribution in [1.82, 2.24) is 4.98 Å². The number of benzene rings is 1. The van der Waals surface area contributed by atoms with Crippen LogP contribution in [0.3, 0.4) is 0 Å². The molecular formula is C13H15ClN2O3S2. The summed E-state index contributed by atoms with van der Waals surface area (Å²) in [4.78, 5) is 4.98. The third-order valence-electron chi connectivity index (χ3n) is 2.73. The topological polar surface area (TPSA) is 79.3 Å². The lowest BCUT2D eigenvalue weighted by molar-refractivity contribution is 0.319. The molecule has 2 aromatic rings. The molecule has 0 atom stereocenters. The van der Waals surface area contributed by atoms with E-state index in [1.54, 1.807) is 18.3 Å². The largest absolute Gasteiger partial charge is 0.395 e. The van der Waals surface area contributed by atoms with Gasteiger partial charge in [0.05, 0.1) is 24.7 Å². The lowest BCUT2D eigenvalue weighted by atomic mass is 10.2. The number of thiazole rings is 1. The predicted molar refractivity (Wildman–Crippen MR) is 85.5 cm³/mol. The first-order chi connectivity index (χ1) is 9.98. The molecule has 0 fully saturated rings. The average molecular weight is 347 g/mol. The standard InChI is InChI=1S/C13H15ClN2O3S2/c14-13-16-8-12(20-13)7-15-11-3-1-10(2-4-11)9-21(18,19)6-5-17/h1-4,8,15,17H,5-7,9H2. The molecule has 21 heavy (non-hydrogen) atoms. The Kier molecular flexibility index (Phi) is 5.58. The Morgan fingerprint density at radius 2 is 2.00 bits per heavy atom. The highest BCUT2D eigenvalue weighted by Crippen LogP contribution is 2.19. The minimum Gasteiger partial charge on any atom is -0.395 e. The van der Waals surface area contributed by atoms with Crippen molar-refractivity contribution in [3.63, 3.8) is 0 Å². The summed E-state index contributed by atoms with van der Waals surface area (Å²) in [5, 5.41) is 11.9. The number of hydrogen-bond donors (Lipinski definition) is 2. The Labute approximate surface area is 132 Å². The van der Waals surface area contributed by atoms with Crippen LogP contribution < -0.4 is 5.32 Å². The van der Waals surface area contributed by atoms with Crippen molar-refractivity contribution in [2.24, 2.45) is 0 Å². The zero-order valence-corrected chi connectivity index (χ0v) is 13.5. The Balaban J connectivity index is 1.93. The van der Waals surface area contributed by atoms with Crippen LogP contribution in [0.25, 0.3) is 0 Å². The summed E-state index contributed by atoms with van der Waals surface area (Å²) in [5.74, 6) is -0.266. The van der Waals surface area contributed by atoms with E-state index in [4.69, 9.17) is 16.7 Å². The summed E-state index contributed by atoms with van der Waals surface area (Å²) in [6.45, 7) is 0.270. The van der Waals surface area contributed by atoms with E-state index in [0.29, 0.717) is 16.6 Å². The van der Waals surface area contributed by atoms with E-state index in [1.165, 1.54) is 11.3 Å². The first-order valence-electron chi connectivity index (χ1n) is 6.23. The molecule has 2 N–H and O–H groups in total. The number of rotatable bonds is 7. The molecule has 0 saturated carbocycles. The van der Waals surface area contributed by atoms with Crippen LogP contribution in [0.1, 0.15) is 10.4 Å². The summed E-state index contributed by atoms with van der Waals surface area (Å²) in [6, 6.07) is 7.17. The zero-order valence-electron chi connectivity index (χ0n) is 11.1. The molecule has 5 nitrogen and oxygen atoms in total. The summed E-state index contributed by atoms with van der Waals surface area (Å²) in [6.07, 6.45) is 1.72. The Hall–Kier alpha value is -1.15. The van der Waals surface area contributed by atoms with Gasteiger partial charge in [0.15, 0.2) is 14.3 Å². The van der Waals surface area contributed by atoms with Gasteiger partial charge in [-0.25, -0.2) is 13.4 Å². The second-order valence-corrected chi connectivity index (χ2v) is 8.33. The van der Waals surface area contributed by atoms with Gasteiger partial charge in [-0.3, -0.25) is 0 Å². The number of anilines is 1. The van der Waals surface area contributed by atoms with Gasteiger partial charge in [-0.05, 0) is 17.7 Å². The van der Waals surface area contributed by atoms with Gasteiger partial charge >= 0.3 is 0 Å². The average Bonchev–Trinajstić information content (AvgIpc) is 2.83. The van der Waals surface area contributed by atoms with Crippen molar-refractivity contribution < 1.29 is 13.5 Å². The van der Waals surface area contributed by atoms with E-state index in [2.05, 4.69) is 10.3 Å². The Bertz CT molecular complexity index is 684. The quantitative estimate of drug-likeness (QED) is 0.804. The highest BCUT2D eigenvalue weighted by atomic mass is 35.5. The molecule has 0 aliphatic carbocycles. The minimum atomic E-state index is -3.24. The molecule has 0 saturated heterocycles. The fourth-order valence-electron chi connectivity index (χ4n) is 1.74. The fourth-order valence-corrected chi connectivity index (χ4v) is 3.78. The van der Waals surface area contributed by atoms with Crippen LogP contribution in [0.4, 0.5) is 5.69 Å². The number of aliphatic hydroxyl groups excluding tert-OH is 1. The Morgan fingerprint density at radius 3 is 2.57 bits per heavy atom. The number of hydrogen-bond acceptors (Lipinski definition) is 6. The second-order valence-electron chi connectivity index (χ2n) is 4.45. The van der Waals surface area contributed by atoms with Crippen molar-refractivity contribution >= 4 is 38.5 Å². The predicted octanol–water partition coefficient (Wildman–Crippen LogP) is 2.32. The molecule has 8 heteroatoms. The van der Waals surface area contributed by atoms with Gasteiger partial charge in [0.1, 0.15) is 0 Å². The summed E-state index contributed by atoms with van der Waals surface area (Å²) in [7, 11) is -3.24. The van der Waals surface area contributed by atoms with Gasteiger partial charge in [0.25, 0.3) is 0 Å². The van der Waals surface area contributed by atoms with Crippen molar-refractivity contribution in [3.8, 4) is 0 Å². The van der Waals surface area contributed by atoms with E-state index < -0.39 is 9.84 Å². The van der Waals surface area contributed by atoms with Gasteiger partial charge < -0.3 is 10.4 Å². The molecule has 0 spiro atoms. The van der Waals surface area contributed by atoms with Gasteiger partial charge in [-0.2, -0.15) is 0 Å². The normalized spacial score (nSPS) is 11.5. The molecule has 1 aromatic carbocycles. The summed E-state index contributed by atoms with van der Waals surface area (Å²) in [5.41, 5.74) is 1.60. The van der Waals surface area contributed by atoms with Crippen LogP contribution in [-0.2, 0) is 22.1 Å². The number of sulfone groups is 1. The van der Waals surface area contributed by atoms with Crippen molar-refractivity contribution in [3.05, 3.63) is 45.4 Å². The van der Waals surface area contributed by atoms with E-state index in [-0.39, 0.29) is 18.1 Å². The molecule has 0 amide bonds. The van der Waals surface area contributed by atoms with E-state index in [1.807, 2.05) is 12.1 Å². The zero-order chi connectivity index (χ0) is 15.3. The monoisotopic (exact) mass is 346 g/mol. The number of aromatic nitrogens is 1. The molecule has 1 aromatic heterocycles. The van der Waals surface area contributed by atoms with Crippen molar-refractivity contribution in [2.75, 3.05) is 17.7 Å². The SMILES string of the molecule is O=S(=O)(CCO)Cc1ccc(NCc2cnc(Cl)s2)cc1. The van der Waals surface area contributed by atoms with Crippen molar-refractivity contribution in [2.45, 2.75) is 12.3 Å². The van der Waals surface area contributed by atoms with Gasteiger partial charge in [-0.1, -0.05) is 23.7 Å². The summed E-state index contributed by atoms with van der Waals surface area (Å²) >= 11 is 7.17. The molecular weight excluding hydrogens is 332 g/mol.